The van der Waals surface area contributed by atoms with E-state index in [1.807, 2.05) is 6.92 Å². The monoisotopic (exact) mass is 532 g/mol. The highest BCUT2D eigenvalue weighted by atomic mass is 35.5. The number of hydrogen-bond acceptors (Lipinski definition) is 7. The third kappa shape index (κ3) is 6.74. The Morgan fingerprint density at radius 1 is 0.944 bits per heavy atom. The van der Waals surface area contributed by atoms with Crippen LogP contribution in [0.4, 0.5) is 0 Å². The van der Waals surface area contributed by atoms with Gasteiger partial charge in [0.25, 0.3) is 0 Å². The Hall–Kier alpha value is -0.480. The number of unbranched alkanes of at least 4 members (excludes halogenated alkanes) is 3. The van der Waals surface area contributed by atoms with E-state index in [1.165, 1.54) is 38.5 Å². The molecular weight excluding hydrogens is 484 g/mol. The molecule has 9 heteroatoms. The van der Waals surface area contributed by atoms with E-state index < -0.39 is 30.4 Å². The summed E-state index contributed by atoms with van der Waals surface area (Å²) < 4.78 is 6.15. The second kappa shape index (κ2) is 13.5. The van der Waals surface area contributed by atoms with Gasteiger partial charge in [0.05, 0.1) is 19.3 Å². The predicted molar refractivity (Wildman–Crippen MR) is 140 cm³/mol. The summed E-state index contributed by atoms with van der Waals surface area (Å²) in [6, 6.07) is -1.76. The standard InChI is InChI=1S/C27H48N2O6.ClH/c1-2-3-8-29-21(16-30)23(31)25(33)24(32)22(29)26(34)28-7-5-4-6-9-35-17-27-13-18-10-19(14-27)12-20(11-18)15-27;/h18-25,30-33H,2-17H2,1H3,(H,28,34);1H/t18?,19?,20?,21-,22+,23+,24-,25-,27?;/m0./s1. The molecule has 4 aliphatic carbocycles. The molecular formula is C27H49ClN2O6. The van der Waals surface area contributed by atoms with Gasteiger partial charge < -0.3 is 30.5 Å². The van der Waals surface area contributed by atoms with Gasteiger partial charge in [-0.05, 0) is 93.9 Å². The van der Waals surface area contributed by atoms with Crippen LogP contribution in [0.25, 0.3) is 0 Å². The molecule has 5 fully saturated rings. The Morgan fingerprint density at radius 2 is 1.58 bits per heavy atom. The fraction of sp³-hybridized carbons (Fsp3) is 0.963. The molecule has 0 radical (unpaired) electrons. The average Bonchev–Trinajstić information content (AvgIpc) is 2.82. The number of carbonyl (C=O) groups is 1. The summed E-state index contributed by atoms with van der Waals surface area (Å²) in [5, 5.41) is 43.7. The number of aliphatic hydroxyl groups excluding tert-OH is 4. The van der Waals surface area contributed by atoms with Gasteiger partial charge in [0.2, 0.25) is 5.91 Å². The normalized spacial score (nSPS) is 39.7. The quantitative estimate of drug-likeness (QED) is 0.229. The SMILES string of the molecule is CCCCN1[C@@H](CO)[C@@H](O)[C@H](O)[C@@H](O)[C@@H]1C(=O)NCCCCCOCC12CC3CC(CC(C3)C1)C2.Cl. The van der Waals surface area contributed by atoms with Gasteiger partial charge in [-0.2, -0.15) is 0 Å². The molecule has 1 aliphatic heterocycles. The third-order valence-corrected chi connectivity index (χ3v) is 9.26. The second-order valence-electron chi connectivity index (χ2n) is 12.1. The summed E-state index contributed by atoms with van der Waals surface area (Å²) in [6.45, 7) is 4.26. The van der Waals surface area contributed by atoms with Gasteiger partial charge in [-0.25, -0.2) is 0 Å². The van der Waals surface area contributed by atoms with Crippen LogP contribution in [0.2, 0.25) is 0 Å². The van der Waals surface area contributed by atoms with Gasteiger partial charge >= 0.3 is 0 Å². The number of nitrogens with one attached hydrogen (secondary N) is 1. The molecule has 5 atom stereocenters. The minimum atomic E-state index is -1.47. The van der Waals surface area contributed by atoms with E-state index in [2.05, 4.69) is 5.32 Å². The Labute approximate surface area is 222 Å². The van der Waals surface area contributed by atoms with E-state index in [4.69, 9.17) is 4.74 Å². The number of aliphatic hydroxyl groups is 4. The first-order valence-electron chi connectivity index (χ1n) is 14.1. The Balaban J connectivity index is 0.00000361. The molecule has 210 valence electrons. The highest BCUT2D eigenvalue weighted by Gasteiger charge is 2.51. The summed E-state index contributed by atoms with van der Waals surface area (Å²) >= 11 is 0. The molecule has 0 aromatic rings. The number of hydrogen-bond donors (Lipinski definition) is 5. The van der Waals surface area contributed by atoms with Crippen LogP contribution in [-0.4, -0.2) is 94.5 Å². The number of rotatable bonds is 13. The van der Waals surface area contributed by atoms with Gasteiger partial charge in [-0.1, -0.05) is 13.3 Å². The Bertz CT molecular complexity index is 662. The summed E-state index contributed by atoms with van der Waals surface area (Å²) in [6.07, 6.45) is 8.70. The lowest BCUT2D eigenvalue weighted by molar-refractivity contribution is -0.178. The fourth-order valence-electron chi connectivity index (χ4n) is 7.96. The second-order valence-corrected chi connectivity index (χ2v) is 12.1. The highest BCUT2D eigenvalue weighted by Crippen LogP contribution is 2.60. The van der Waals surface area contributed by atoms with E-state index in [-0.39, 0.29) is 24.9 Å². The van der Waals surface area contributed by atoms with Crippen LogP contribution in [0.15, 0.2) is 0 Å². The van der Waals surface area contributed by atoms with Gasteiger partial charge in [-0.15, -0.1) is 12.4 Å². The molecule has 0 aromatic carbocycles. The lowest BCUT2D eigenvalue weighted by Crippen LogP contribution is -2.70. The van der Waals surface area contributed by atoms with Crippen molar-refractivity contribution in [2.45, 2.75) is 108 Å². The zero-order chi connectivity index (χ0) is 25.0. The summed E-state index contributed by atoms with van der Waals surface area (Å²) in [5.41, 5.74) is 0.456. The van der Waals surface area contributed by atoms with Crippen molar-refractivity contribution in [3.8, 4) is 0 Å². The molecule has 5 N–H and O–H groups in total. The molecule has 5 rings (SSSR count). The van der Waals surface area contributed by atoms with E-state index in [1.54, 1.807) is 4.90 Å². The van der Waals surface area contributed by atoms with Crippen molar-refractivity contribution >= 4 is 18.3 Å². The first kappa shape index (κ1) is 30.1. The van der Waals surface area contributed by atoms with Gasteiger partial charge in [0, 0.05) is 13.2 Å². The summed E-state index contributed by atoms with van der Waals surface area (Å²) in [5.74, 6) is 2.49. The van der Waals surface area contributed by atoms with E-state index >= 15 is 0 Å². The number of piperidine rings is 1. The molecule has 5 aliphatic rings. The number of carbonyl (C=O) groups excluding carboxylic acids is 1. The summed E-state index contributed by atoms with van der Waals surface area (Å²) in [4.78, 5) is 14.6. The molecule has 36 heavy (non-hydrogen) atoms. The van der Waals surface area contributed by atoms with Crippen molar-refractivity contribution in [3.05, 3.63) is 0 Å². The third-order valence-electron chi connectivity index (χ3n) is 9.26. The number of amides is 1. The summed E-state index contributed by atoms with van der Waals surface area (Å²) in [7, 11) is 0. The highest BCUT2D eigenvalue weighted by molar-refractivity contribution is 5.85. The van der Waals surface area contributed by atoms with Crippen molar-refractivity contribution in [2.75, 3.05) is 32.9 Å². The minimum absolute atomic E-state index is 0. The van der Waals surface area contributed by atoms with Crippen LogP contribution in [0.3, 0.4) is 0 Å². The van der Waals surface area contributed by atoms with Crippen LogP contribution in [0.5, 0.6) is 0 Å². The molecule has 0 spiro atoms. The van der Waals surface area contributed by atoms with Gasteiger partial charge in [0.15, 0.2) is 0 Å². The molecule has 8 nitrogen and oxygen atoms in total. The van der Waals surface area contributed by atoms with E-state index in [0.717, 1.165) is 63.1 Å². The first-order chi connectivity index (χ1) is 16.9. The lowest BCUT2D eigenvalue weighted by atomic mass is 9.50. The van der Waals surface area contributed by atoms with Gasteiger partial charge in [0.1, 0.15) is 24.4 Å². The van der Waals surface area contributed by atoms with E-state index in [0.29, 0.717) is 18.5 Å². The van der Waals surface area contributed by atoms with Crippen molar-refractivity contribution in [3.63, 3.8) is 0 Å². The minimum Gasteiger partial charge on any atom is -0.395 e. The predicted octanol–water partition coefficient (Wildman–Crippen LogP) is 1.86. The van der Waals surface area contributed by atoms with Crippen LogP contribution in [0.1, 0.15) is 77.6 Å². The number of nitrogens with zero attached hydrogens (tertiary/aromatic N) is 1. The Kier molecular flexibility index (Phi) is 11.3. The maximum absolute atomic E-state index is 12.9. The van der Waals surface area contributed by atoms with Crippen LogP contribution in [-0.2, 0) is 9.53 Å². The molecule has 1 saturated heterocycles. The van der Waals surface area contributed by atoms with Gasteiger partial charge in [-0.3, -0.25) is 9.69 Å². The zero-order valence-electron chi connectivity index (χ0n) is 21.9. The van der Waals surface area contributed by atoms with Crippen molar-refractivity contribution in [1.82, 2.24) is 10.2 Å². The molecule has 0 aromatic heterocycles. The topological polar surface area (TPSA) is 122 Å². The molecule has 1 heterocycles. The number of ether oxygens (including phenoxy) is 1. The molecule has 4 saturated carbocycles. The molecule has 4 bridgehead atoms. The lowest BCUT2D eigenvalue weighted by Gasteiger charge is -2.56. The Morgan fingerprint density at radius 3 is 2.17 bits per heavy atom. The first-order valence-corrected chi connectivity index (χ1v) is 14.1. The van der Waals surface area contributed by atoms with Crippen molar-refractivity contribution in [1.29, 1.82) is 0 Å². The zero-order valence-corrected chi connectivity index (χ0v) is 22.7. The van der Waals surface area contributed by atoms with Crippen LogP contribution in [0, 0.1) is 23.2 Å². The molecule has 0 unspecified atom stereocenters. The number of likely N-dealkylation sites (tertiary alicyclic amines) is 1. The van der Waals surface area contributed by atoms with Crippen molar-refractivity contribution in [2.24, 2.45) is 23.2 Å². The van der Waals surface area contributed by atoms with Crippen LogP contribution < -0.4 is 5.32 Å². The van der Waals surface area contributed by atoms with E-state index in [9.17, 15) is 25.2 Å². The molecule has 1 amide bonds. The smallest absolute Gasteiger partial charge is 0.240 e. The fourth-order valence-corrected chi connectivity index (χ4v) is 7.96. The maximum atomic E-state index is 12.9. The van der Waals surface area contributed by atoms with Crippen LogP contribution >= 0.6 is 12.4 Å². The average molecular weight is 533 g/mol. The van der Waals surface area contributed by atoms with Crippen molar-refractivity contribution < 1.29 is 30.0 Å². The maximum Gasteiger partial charge on any atom is 0.240 e. The largest absolute Gasteiger partial charge is 0.395 e. The number of halogens is 1.